The van der Waals surface area contributed by atoms with Crippen LogP contribution in [0.5, 0.6) is 0 Å². The summed E-state index contributed by atoms with van der Waals surface area (Å²) in [5.74, 6) is -0.336. The molecule has 0 aliphatic carbocycles. The molecule has 5 nitrogen and oxygen atoms in total. The van der Waals surface area contributed by atoms with Crippen LogP contribution in [0.1, 0.15) is 25.0 Å². The van der Waals surface area contributed by atoms with Crippen molar-refractivity contribution in [1.29, 1.82) is 0 Å². The minimum atomic E-state index is -0.264. The van der Waals surface area contributed by atoms with Gasteiger partial charge in [0.2, 0.25) is 11.8 Å². The number of amides is 2. The van der Waals surface area contributed by atoms with E-state index < -0.39 is 0 Å². The quantitative estimate of drug-likeness (QED) is 0.712. The van der Waals surface area contributed by atoms with Crippen LogP contribution in [-0.2, 0) is 22.6 Å². The maximum absolute atomic E-state index is 12.9. The molecule has 144 valence electrons. The van der Waals surface area contributed by atoms with Crippen LogP contribution in [0.2, 0.25) is 0 Å². The van der Waals surface area contributed by atoms with Gasteiger partial charge in [-0.2, -0.15) is 0 Å². The molecule has 0 saturated carbocycles. The summed E-state index contributed by atoms with van der Waals surface area (Å²) in [7, 11) is 0. The predicted octanol–water partition coefficient (Wildman–Crippen LogP) is 2.96. The van der Waals surface area contributed by atoms with Crippen LogP contribution in [0.3, 0.4) is 0 Å². The molecule has 2 amide bonds. The van der Waals surface area contributed by atoms with E-state index in [-0.39, 0.29) is 24.2 Å². The van der Waals surface area contributed by atoms with Gasteiger partial charge in [0.05, 0.1) is 6.54 Å². The fourth-order valence-corrected chi connectivity index (χ4v) is 2.69. The fraction of sp³-hybridized carbons (Fsp3) is 0.333. The number of benzene rings is 2. The third-order valence-electron chi connectivity index (χ3n) is 4.23. The third kappa shape index (κ3) is 7.09. The molecule has 0 heterocycles. The largest absolute Gasteiger partial charge is 0.376 e. The summed E-state index contributed by atoms with van der Waals surface area (Å²) >= 11 is 0. The Kier molecular flexibility index (Phi) is 7.79. The highest BCUT2D eigenvalue weighted by atomic mass is 19.1. The first-order valence-corrected chi connectivity index (χ1v) is 9.07. The normalized spacial score (nSPS) is 10.3. The first-order valence-electron chi connectivity index (χ1n) is 9.07. The molecule has 0 aliphatic rings. The van der Waals surface area contributed by atoms with Crippen molar-refractivity contribution in [2.24, 2.45) is 0 Å². The molecule has 2 aromatic rings. The zero-order valence-electron chi connectivity index (χ0n) is 15.8. The Labute approximate surface area is 159 Å². The van der Waals surface area contributed by atoms with Gasteiger partial charge >= 0.3 is 0 Å². The molecule has 27 heavy (non-hydrogen) atoms. The summed E-state index contributed by atoms with van der Waals surface area (Å²) in [4.78, 5) is 25.3. The number of rotatable bonds is 9. The summed E-state index contributed by atoms with van der Waals surface area (Å²) in [6.07, 6.45) is 0.652. The second kappa shape index (κ2) is 10.3. The number of carbonyl (C=O) groups excluding carboxylic acids is 2. The molecule has 0 spiro atoms. The standard InChI is InChI=1S/C21H26FN3O2/c1-3-25(16(2)26)15-18-5-4-6-20(13-18)24-14-21(27)23-12-11-17-7-9-19(22)10-8-17/h4-10,13,24H,3,11-12,14-15H2,1-2H3,(H,23,27). The average molecular weight is 371 g/mol. The molecule has 6 heteroatoms. The van der Waals surface area contributed by atoms with Gasteiger partial charge in [-0.15, -0.1) is 0 Å². The number of hydrogen-bond acceptors (Lipinski definition) is 3. The van der Waals surface area contributed by atoms with Gasteiger partial charge in [0, 0.05) is 32.2 Å². The van der Waals surface area contributed by atoms with Gasteiger partial charge in [-0.1, -0.05) is 24.3 Å². The van der Waals surface area contributed by atoms with Crippen LogP contribution in [0.4, 0.5) is 10.1 Å². The van der Waals surface area contributed by atoms with E-state index in [1.54, 1.807) is 24.0 Å². The predicted molar refractivity (Wildman–Crippen MR) is 105 cm³/mol. The van der Waals surface area contributed by atoms with E-state index in [1.165, 1.54) is 12.1 Å². The van der Waals surface area contributed by atoms with Crippen LogP contribution in [0, 0.1) is 5.82 Å². The number of carbonyl (C=O) groups is 2. The Bertz CT molecular complexity index is 762. The van der Waals surface area contributed by atoms with Crippen molar-refractivity contribution in [1.82, 2.24) is 10.2 Å². The minimum Gasteiger partial charge on any atom is -0.376 e. The van der Waals surface area contributed by atoms with Gasteiger partial charge in [-0.25, -0.2) is 4.39 Å². The number of nitrogens with one attached hydrogen (secondary N) is 2. The summed E-state index contributed by atoms with van der Waals surface area (Å²) in [6, 6.07) is 13.9. The van der Waals surface area contributed by atoms with Crippen molar-refractivity contribution in [3.05, 3.63) is 65.5 Å². The van der Waals surface area contributed by atoms with E-state index in [1.807, 2.05) is 31.2 Å². The lowest BCUT2D eigenvalue weighted by Crippen LogP contribution is -2.31. The zero-order valence-corrected chi connectivity index (χ0v) is 15.8. The topological polar surface area (TPSA) is 61.4 Å². The van der Waals surface area contributed by atoms with Crippen LogP contribution >= 0.6 is 0 Å². The van der Waals surface area contributed by atoms with Crippen molar-refractivity contribution >= 4 is 17.5 Å². The molecule has 0 fully saturated rings. The molecular formula is C21H26FN3O2. The maximum atomic E-state index is 12.9. The Hall–Kier alpha value is -2.89. The monoisotopic (exact) mass is 371 g/mol. The van der Waals surface area contributed by atoms with E-state index >= 15 is 0 Å². The molecule has 0 aliphatic heterocycles. The van der Waals surface area contributed by atoms with Crippen LogP contribution < -0.4 is 10.6 Å². The van der Waals surface area contributed by atoms with Gasteiger partial charge in [0.25, 0.3) is 0 Å². The third-order valence-corrected chi connectivity index (χ3v) is 4.23. The molecule has 0 bridgehead atoms. The van der Waals surface area contributed by atoms with Crippen LogP contribution in [0.15, 0.2) is 48.5 Å². The minimum absolute atomic E-state index is 0.0383. The molecule has 2 N–H and O–H groups in total. The summed E-state index contributed by atoms with van der Waals surface area (Å²) in [6.45, 7) is 5.36. The molecule has 2 rings (SSSR count). The van der Waals surface area contributed by atoms with Crippen LogP contribution in [-0.4, -0.2) is 36.3 Å². The number of hydrogen-bond donors (Lipinski definition) is 2. The highest BCUT2D eigenvalue weighted by Gasteiger charge is 2.07. The molecule has 0 saturated heterocycles. The van der Waals surface area contributed by atoms with Gasteiger partial charge in [0.1, 0.15) is 5.82 Å². The molecular weight excluding hydrogens is 345 g/mol. The molecule has 0 radical (unpaired) electrons. The number of halogens is 1. The molecule has 2 aromatic carbocycles. The first kappa shape index (κ1) is 20.4. The highest BCUT2D eigenvalue weighted by molar-refractivity contribution is 5.80. The van der Waals surface area contributed by atoms with Crippen molar-refractivity contribution in [3.63, 3.8) is 0 Å². The second-order valence-electron chi connectivity index (χ2n) is 6.31. The average Bonchev–Trinajstić information content (AvgIpc) is 2.66. The van der Waals surface area contributed by atoms with Crippen LogP contribution in [0.25, 0.3) is 0 Å². The summed E-state index contributed by atoms with van der Waals surface area (Å²) in [5, 5.41) is 5.94. The Morgan fingerprint density at radius 1 is 1.07 bits per heavy atom. The highest BCUT2D eigenvalue weighted by Crippen LogP contribution is 2.12. The fourth-order valence-electron chi connectivity index (χ4n) is 2.69. The zero-order chi connectivity index (χ0) is 19.6. The smallest absolute Gasteiger partial charge is 0.239 e. The second-order valence-corrected chi connectivity index (χ2v) is 6.31. The SMILES string of the molecule is CCN(Cc1cccc(NCC(=O)NCCc2ccc(F)cc2)c1)C(C)=O. The molecule has 0 aromatic heterocycles. The van der Waals surface area contributed by atoms with Gasteiger partial charge < -0.3 is 15.5 Å². The number of anilines is 1. The van der Waals surface area contributed by atoms with Gasteiger partial charge in [0.15, 0.2) is 0 Å². The van der Waals surface area contributed by atoms with E-state index in [9.17, 15) is 14.0 Å². The lowest BCUT2D eigenvalue weighted by molar-refractivity contribution is -0.129. The Balaban J connectivity index is 1.76. The maximum Gasteiger partial charge on any atom is 0.239 e. The first-order chi connectivity index (χ1) is 13.0. The molecule has 0 atom stereocenters. The van der Waals surface area contributed by atoms with E-state index in [0.29, 0.717) is 26.1 Å². The van der Waals surface area contributed by atoms with E-state index in [2.05, 4.69) is 10.6 Å². The van der Waals surface area contributed by atoms with Crippen molar-refractivity contribution in [2.75, 3.05) is 25.0 Å². The van der Waals surface area contributed by atoms with Gasteiger partial charge in [-0.3, -0.25) is 9.59 Å². The van der Waals surface area contributed by atoms with E-state index in [4.69, 9.17) is 0 Å². The van der Waals surface area contributed by atoms with Gasteiger partial charge in [-0.05, 0) is 48.7 Å². The van der Waals surface area contributed by atoms with Crippen molar-refractivity contribution < 1.29 is 14.0 Å². The number of nitrogens with zero attached hydrogens (tertiary/aromatic N) is 1. The Morgan fingerprint density at radius 3 is 2.48 bits per heavy atom. The summed E-state index contributed by atoms with van der Waals surface area (Å²) < 4.78 is 12.9. The molecule has 0 unspecified atom stereocenters. The van der Waals surface area contributed by atoms with E-state index in [0.717, 1.165) is 16.8 Å². The van der Waals surface area contributed by atoms with Crippen molar-refractivity contribution in [3.8, 4) is 0 Å². The lowest BCUT2D eigenvalue weighted by Gasteiger charge is -2.19. The lowest BCUT2D eigenvalue weighted by atomic mass is 10.1. The van der Waals surface area contributed by atoms with Crippen molar-refractivity contribution in [2.45, 2.75) is 26.8 Å². The Morgan fingerprint density at radius 2 is 1.81 bits per heavy atom. The summed E-state index contributed by atoms with van der Waals surface area (Å²) in [5.41, 5.74) is 2.82.